The molecule has 0 rings (SSSR count). The average molecular weight is 1020 g/mol. The Morgan fingerprint density at radius 3 is 1.03 bits per heavy atom. The van der Waals surface area contributed by atoms with E-state index in [1.807, 2.05) is 20.8 Å². The van der Waals surface area contributed by atoms with Crippen LogP contribution in [0, 0.1) is 0 Å². The lowest BCUT2D eigenvalue weighted by Crippen LogP contribution is -1.96. The molecule has 17 N–H and O–H groups in total. The van der Waals surface area contributed by atoms with Crippen molar-refractivity contribution < 1.29 is 142 Å². The summed E-state index contributed by atoms with van der Waals surface area (Å²) in [5.74, 6) is 0. The van der Waals surface area contributed by atoms with Crippen molar-refractivity contribution in [2.24, 2.45) is 0 Å². The summed E-state index contributed by atoms with van der Waals surface area (Å²) in [6.45, 7) is 14.2. The highest BCUT2D eigenvalue weighted by Crippen LogP contribution is 2.58. The molecule has 0 fully saturated rings. The second-order valence-corrected chi connectivity index (χ2v) is 20.4. The van der Waals surface area contributed by atoms with Crippen LogP contribution in [0.4, 0.5) is 0 Å². The molecule has 0 aromatic carbocycles. The maximum atomic E-state index is 10.8. The summed E-state index contributed by atoms with van der Waals surface area (Å²) < 4.78 is 98.8. The lowest BCUT2D eigenvalue weighted by molar-refractivity contribution is 0.179. The third-order valence-corrected chi connectivity index (χ3v) is 8.52. The first-order chi connectivity index (χ1) is 25.1. The second-order valence-electron chi connectivity index (χ2n) is 10.4. The molecule has 38 heteroatoms. The maximum absolute atomic E-state index is 10.8. The van der Waals surface area contributed by atoms with E-state index in [1.165, 1.54) is 11.6 Å². The lowest BCUT2D eigenvalue weighted by Gasteiger charge is -2.11. The maximum Gasteiger partial charge on any atom is 0.481 e. The number of hydrogen-bond donors (Lipinski definition) is 17. The molecule has 0 aliphatic heterocycles. The fraction of sp³-hybridized carbons (Fsp3) is 0.600. The van der Waals surface area contributed by atoms with Crippen LogP contribution in [0.25, 0.3) is 0 Å². The minimum atomic E-state index is -5.01. The number of phosphoric ester groups is 3. The molecule has 0 aliphatic rings. The third kappa shape index (κ3) is 111. The molecule has 58 heavy (non-hydrogen) atoms. The van der Waals surface area contributed by atoms with Crippen LogP contribution >= 0.6 is 62.6 Å². The van der Waals surface area contributed by atoms with E-state index in [4.69, 9.17) is 96.9 Å². The summed E-state index contributed by atoms with van der Waals surface area (Å²) in [6, 6.07) is 0. The van der Waals surface area contributed by atoms with Crippen LogP contribution in [0.1, 0.15) is 60.8 Å². The van der Waals surface area contributed by atoms with Crippen LogP contribution in [0.5, 0.6) is 0 Å². The first-order valence-electron chi connectivity index (χ1n) is 14.2. The first-order valence-corrected chi connectivity index (χ1v) is 26.4. The summed E-state index contributed by atoms with van der Waals surface area (Å²) in [6.07, 6.45) is 7.41. The van der Waals surface area contributed by atoms with Crippen molar-refractivity contribution in [3.8, 4) is 0 Å². The Kier molecular flexibility index (Phi) is 39.1. The Morgan fingerprint density at radius 2 is 0.759 bits per heavy atom. The third-order valence-electron chi connectivity index (χ3n) is 3.70. The van der Waals surface area contributed by atoms with Gasteiger partial charge in [-0.3, -0.25) is 13.6 Å². The molecule has 0 saturated heterocycles. The van der Waals surface area contributed by atoms with Crippen LogP contribution in [0.2, 0.25) is 0 Å². The fourth-order valence-corrected chi connectivity index (χ4v) is 5.30. The summed E-state index contributed by atoms with van der Waals surface area (Å²) in [5, 5.41) is 0. The summed E-state index contributed by atoms with van der Waals surface area (Å²) in [4.78, 5) is 132. The van der Waals surface area contributed by atoms with E-state index in [2.05, 4.69) is 34.8 Å². The molecule has 0 aromatic heterocycles. The van der Waals surface area contributed by atoms with E-state index in [-0.39, 0.29) is 19.8 Å². The van der Waals surface area contributed by atoms with Gasteiger partial charge >= 0.3 is 62.6 Å². The zero-order valence-electron chi connectivity index (χ0n) is 31.2. The van der Waals surface area contributed by atoms with E-state index < -0.39 is 62.6 Å². The van der Waals surface area contributed by atoms with Crippen molar-refractivity contribution in [3.63, 3.8) is 0 Å². The summed E-state index contributed by atoms with van der Waals surface area (Å²) in [5.41, 5.74) is 3.89. The van der Waals surface area contributed by atoms with Gasteiger partial charge in [0.1, 0.15) is 0 Å². The smallest absolute Gasteiger partial charge is 0.303 e. The number of hydrogen-bond acceptors (Lipinski definition) is 13. The van der Waals surface area contributed by atoms with E-state index >= 15 is 0 Å². The van der Waals surface area contributed by atoms with E-state index in [0.29, 0.717) is 12.0 Å². The predicted octanol–water partition coefficient (Wildman–Crippen LogP) is 2.36. The molecule has 0 aliphatic carbocycles. The molecule has 0 amide bonds. The largest absolute Gasteiger partial charge is 0.481 e. The minimum absolute atomic E-state index is 0.0368. The molecule has 0 aromatic rings. The van der Waals surface area contributed by atoms with Crippen LogP contribution < -0.4 is 0 Å². The number of phosphoric acid groups is 8. The molecule has 0 bridgehead atoms. The van der Waals surface area contributed by atoms with E-state index in [0.717, 1.165) is 24.0 Å². The molecular weight excluding hydrogens is 968 g/mol. The Bertz CT molecular complexity index is 1570. The van der Waals surface area contributed by atoms with Crippen LogP contribution in [-0.4, -0.2) is 103 Å². The van der Waals surface area contributed by atoms with Crippen molar-refractivity contribution in [2.45, 2.75) is 60.8 Å². The van der Waals surface area contributed by atoms with Crippen molar-refractivity contribution >= 4 is 62.6 Å². The predicted molar refractivity (Wildman–Crippen MR) is 200 cm³/mol. The molecule has 2 unspecified atom stereocenters. The quantitative estimate of drug-likeness (QED) is 0.0734. The molecule has 0 saturated carbocycles. The number of rotatable bonds is 17. The van der Waals surface area contributed by atoms with Crippen LogP contribution in [-0.2, 0) is 58.7 Å². The minimum Gasteiger partial charge on any atom is -0.303 e. The number of allylic oxidation sites excluding steroid dienone is 4. The average Bonchev–Trinajstić information content (AvgIpc) is 2.81. The molecular formula is C20H52O30P8. The molecule has 0 heterocycles. The second kappa shape index (κ2) is 32.6. The van der Waals surface area contributed by atoms with Gasteiger partial charge in [0.05, 0.1) is 19.8 Å². The van der Waals surface area contributed by atoms with Crippen LogP contribution in [0.15, 0.2) is 47.1 Å². The molecule has 352 valence electrons. The summed E-state index contributed by atoms with van der Waals surface area (Å²) in [7, 11) is -37.6. The SMILES string of the molecule is C=C(C)CCOP(=O)(O)OP(=O)(O)O.CC(C)=CCC/C(C)=C/COP(=O)(O)O.CC(C)=CCOP(=O)(O)OP(=O)(O)O.O=P(O)(O)O.O=P(O)(O)O.O=P(O)(O)O. The monoisotopic (exact) mass is 1020 g/mol. The van der Waals surface area contributed by atoms with E-state index in [1.54, 1.807) is 26.8 Å². The normalized spacial score (nSPS) is 14.2. The fourth-order valence-electron chi connectivity index (χ4n) is 1.92. The van der Waals surface area contributed by atoms with Gasteiger partial charge in [-0.05, 0) is 60.8 Å². The van der Waals surface area contributed by atoms with Gasteiger partial charge < -0.3 is 83.2 Å². The molecule has 0 radical (unpaired) electrons. The lowest BCUT2D eigenvalue weighted by atomic mass is 10.1. The van der Waals surface area contributed by atoms with Gasteiger partial charge in [-0.1, -0.05) is 40.5 Å². The van der Waals surface area contributed by atoms with Crippen LogP contribution in [0.3, 0.4) is 0 Å². The van der Waals surface area contributed by atoms with Gasteiger partial charge in [-0.15, -0.1) is 6.58 Å². The van der Waals surface area contributed by atoms with Gasteiger partial charge in [0.25, 0.3) is 0 Å². The Labute approximate surface area is 331 Å². The highest BCUT2D eigenvalue weighted by atomic mass is 31.3. The first kappa shape index (κ1) is 69.6. The van der Waals surface area contributed by atoms with Gasteiger partial charge in [-0.25, -0.2) is 36.5 Å². The molecule has 0 spiro atoms. The topological polar surface area (TPSA) is 527 Å². The van der Waals surface area contributed by atoms with Crippen molar-refractivity contribution in [3.05, 3.63) is 47.1 Å². The Balaban J connectivity index is -0.000000149. The van der Waals surface area contributed by atoms with Gasteiger partial charge in [-0.2, -0.15) is 8.62 Å². The van der Waals surface area contributed by atoms with Crippen molar-refractivity contribution in [1.29, 1.82) is 0 Å². The Hall–Kier alpha value is -0.0800. The summed E-state index contributed by atoms with van der Waals surface area (Å²) >= 11 is 0. The molecule has 30 nitrogen and oxygen atoms in total. The van der Waals surface area contributed by atoms with Gasteiger partial charge in [0.15, 0.2) is 0 Å². The standard InChI is InChI=1S/C10H19O4P.2C5H12O7P2.3H3O4P/c1-9(2)5-4-6-10(3)7-8-14-15(11,12)13;2*1-5(2)3-4-11-14(9,10)12-13(6,7)8;3*1-5(2,3)4/h5,7H,4,6,8H2,1-3H3,(H2,11,12,13);3H,4H2,1-2H3,(H,9,10)(H2,6,7,8);1,3-4H2,2H3,(H,9,10)(H2,6,7,8);3*(H3,1,2,3,4)/b10-7+;;;;;. The highest BCUT2D eigenvalue weighted by Gasteiger charge is 2.32. The van der Waals surface area contributed by atoms with Gasteiger partial charge in [0.2, 0.25) is 0 Å². The van der Waals surface area contributed by atoms with E-state index in [9.17, 15) is 22.8 Å². The van der Waals surface area contributed by atoms with Crippen molar-refractivity contribution in [2.75, 3.05) is 19.8 Å². The zero-order chi connectivity index (χ0) is 48.2. The Morgan fingerprint density at radius 1 is 0.448 bits per heavy atom. The molecule has 2 atom stereocenters. The van der Waals surface area contributed by atoms with Gasteiger partial charge in [0, 0.05) is 0 Å². The highest BCUT2D eigenvalue weighted by molar-refractivity contribution is 7.61. The van der Waals surface area contributed by atoms with Crippen molar-refractivity contribution in [1.82, 2.24) is 0 Å². The zero-order valence-corrected chi connectivity index (χ0v) is 38.3.